The van der Waals surface area contributed by atoms with Gasteiger partial charge in [0.2, 0.25) is 0 Å². The molecule has 1 aromatic heterocycles. The second kappa shape index (κ2) is 8.78. The second-order valence-corrected chi connectivity index (χ2v) is 7.85. The summed E-state index contributed by atoms with van der Waals surface area (Å²) >= 11 is 6.43. The highest BCUT2D eigenvalue weighted by atomic mass is 35.5. The number of hydrogen-bond donors (Lipinski definition) is 1. The molecule has 1 atom stereocenters. The van der Waals surface area contributed by atoms with Crippen molar-refractivity contribution in [3.05, 3.63) is 111 Å². The standard InChI is InChI=1S/C26H23ClN2O2/c1-3-22(18-11-6-4-7-12-18)28-25(30)23-17(2)29(19-13-8-5-9-14-19)26(31)24-20(23)15-10-16-21(24)27/h4-16,22H,3H2,1-2H3,(H,28,30)/t22-/m0/s1. The molecule has 0 aliphatic rings. The van der Waals surface area contributed by atoms with Gasteiger partial charge in [0.25, 0.3) is 11.5 Å². The third kappa shape index (κ3) is 3.87. The van der Waals surface area contributed by atoms with Crippen molar-refractivity contribution in [2.24, 2.45) is 0 Å². The Morgan fingerprint density at radius 1 is 0.968 bits per heavy atom. The molecule has 0 aliphatic carbocycles. The molecular weight excluding hydrogens is 408 g/mol. The third-order valence-corrected chi connectivity index (χ3v) is 5.87. The molecule has 1 heterocycles. The van der Waals surface area contributed by atoms with Crippen molar-refractivity contribution >= 4 is 28.3 Å². The summed E-state index contributed by atoms with van der Waals surface area (Å²) in [5.41, 5.74) is 2.52. The van der Waals surface area contributed by atoms with E-state index in [4.69, 9.17) is 11.6 Å². The number of aromatic nitrogens is 1. The van der Waals surface area contributed by atoms with Gasteiger partial charge in [0.1, 0.15) is 0 Å². The van der Waals surface area contributed by atoms with Crippen molar-refractivity contribution in [3.8, 4) is 5.69 Å². The largest absolute Gasteiger partial charge is 0.345 e. The highest BCUT2D eigenvalue weighted by Gasteiger charge is 2.23. The van der Waals surface area contributed by atoms with E-state index >= 15 is 0 Å². The molecule has 0 spiro atoms. The van der Waals surface area contributed by atoms with Gasteiger partial charge in [-0.25, -0.2) is 0 Å². The van der Waals surface area contributed by atoms with Crippen LogP contribution in [0.5, 0.6) is 0 Å². The Kier molecular flexibility index (Phi) is 5.92. The number of pyridine rings is 1. The highest BCUT2D eigenvalue weighted by Crippen LogP contribution is 2.28. The molecule has 5 heteroatoms. The van der Waals surface area contributed by atoms with Crippen LogP contribution in [-0.2, 0) is 0 Å². The van der Waals surface area contributed by atoms with Gasteiger partial charge in [-0.2, -0.15) is 0 Å². The molecular formula is C26H23ClN2O2. The molecule has 0 fully saturated rings. The number of benzene rings is 3. The lowest BCUT2D eigenvalue weighted by atomic mass is 10.0. The fourth-order valence-electron chi connectivity index (χ4n) is 4.03. The van der Waals surface area contributed by atoms with Gasteiger partial charge in [-0.1, -0.05) is 79.2 Å². The van der Waals surface area contributed by atoms with E-state index in [0.717, 1.165) is 12.0 Å². The SMILES string of the molecule is CC[C@H](NC(=O)c1c(C)n(-c2ccccc2)c(=O)c2c(Cl)cccc12)c1ccccc1. The zero-order valence-electron chi connectivity index (χ0n) is 17.4. The minimum atomic E-state index is -0.240. The van der Waals surface area contributed by atoms with Crippen LogP contribution in [0.1, 0.15) is 41.0 Å². The average molecular weight is 431 g/mol. The summed E-state index contributed by atoms with van der Waals surface area (Å²) < 4.78 is 1.56. The first-order chi connectivity index (χ1) is 15.0. The van der Waals surface area contributed by atoms with E-state index < -0.39 is 0 Å². The smallest absolute Gasteiger partial charge is 0.264 e. The normalized spacial score (nSPS) is 12.0. The molecule has 4 nitrogen and oxygen atoms in total. The van der Waals surface area contributed by atoms with Crippen molar-refractivity contribution in [3.63, 3.8) is 0 Å². The number of nitrogens with one attached hydrogen (secondary N) is 1. The summed E-state index contributed by atoms with van der Waals surface area (Å²) in [6.45, 7) is 3.83. The first-order valence-electron chi connectivity index (χ1n) is 10.3. The van der Waals surface area contributed by atoms with E-state index in [-0.39, 0.29) is 17.5 Å². The first kappa shape index (κ1) is 20.9. The van der Waals surface area contributed by atoms with Crippen LogP contribution in [0.3, 0.4) is 0 Å². The monoisotopic (exact) mass is 430 g/mol. The van der Waals surface area contributed by atoms with Crippen molar-refractivity contribution in [1.29, 1.82) is 0 Å². The number of halogens is 1. The third-order valence-electron chi connectivity index (χ3n) is 5.55. The van der Waals surface area contributed by atoms with Crippen LogP contribution in [0.2, 0.25) is 5.02 Å². The molecule has 0 radical (unpaired) electrons. The highest BCUT2D eigenvalue weighted by molar-refractivity contribution is 6.36. The number of rotatable bonds is 5. The van der Waals surface area contributed by atoms with Crippen molar-refractivity contribution in [2.75, 3.05) is 0 Å². The number of carbonyl (C=O) groups excluding carboxylic acids is 1. The van der Waals surface area contributed by atoms with E-state index in [1.54, 1.807) is 29.7 Å². The van der Waals surface area contributed by atoms with Gasteiger partial charge in [0.15, 0.2) is 0 Å². The average Bonchev–Trinajstić information content (AvgIpc) is 2.78. The Bertz CT molecular complexity index is 1300. The van der Waals surface area contributed by atoms with Crippen LogP contribution in [0.25, 0.3) is 16.5 Å². The van der Waals surface area contributed by atoms with Gasteiger partial charge in [-0.3, -0.25) is 14.2 Å². The van der Waals surface area contributed by atoms with Crippen LogP contribution in [0.15, 0.2) is 83.7 Å². The van der Waals surface area contributed by atoms with E-state index in [2.05, 4.69) is 5.32 Å². The summed E-state index contributed by atoms with van der Waals surface area (Å²) in [5.74, 6) is -0.231. The minimum absolute atomic E-state index is 0.139. The fourth-order valence-corrected chi connectivity index (χ4v) is 4.29. The number of hydrogen-bond acceptors (Lipinski definition) is 2. The summed E-state index contributed by atoms with van der Waals surface area (Å²) in [7, 11) is 0. The van der Waals surface area contributed by atoms with Crippen molar-refractivity contribution in [1.82, 2.24) is 9.88 Å². The Hall–Kier alpha value is -3.37. The van der Waals surface area contributed by atoms with Crippen LogP contribution < -0.4 is 10.9 Å². The summed E-state index contributed by atoms with van der Waals surface area (Å²) in [6, 6.07) is 24.3. The Morgan fingerprint density at radius 2 is 1.61 bits per heavy atom. The summed E-state index contributed by atoms with van der Waals surface area (Å²) in [6.07, 6.45) is 0.742. The Balaban J connectivity index is 1.92. The molecule has 0 unspecified atom stereocenters. The molecule has 3 aromatic carbocycles. The van der Waals surface area contributed by atoms with Crippen molar-refractivity contribution < 1.29 is 4.79 Å². The van der Waals surface area contributed by atoms with E-state index in [1.807, 2.05) is 67.6 Å². The van der Waals surface area contributed by atoms with Crippen LogP contribution in [0.4, 0.5) is 0 Å². The maximum Gasteiger partial charge on any atom is 0.264 e. The first-order valence-corrected chi connectivity index (χ1v) is 10.7. The maximum atomic E-state index is 13.6. The van der Waals surface area contributed by atoms with E-state index in [9.17, 15) is 9.59 Å². The summed E-state index contributed by atoms with van der Waals surface area (Å²) in [5, 5.41) is 4.38. The number of amides is 1. The molecule has 0 saturated carbocycles. The van der Waals surface area contributed by atoms with Gasteiger partial charge >= 0.3 is 0 Å². The van der Waals surface area contributed by atoms with Crippen molar-refractivity contribution in [2.45, 2.75) is 26.3 Å². The molecule has 0 bridgehead atoms. The van der Waals surface area contributed by atoms with Crippen LogP contribution >= 0.6 is 11.6 Å². The van der Waals surface area contributed by atoms with Gasteiger partial charge in [0, 0.05) is 16.8 Å². The van der Waals surface area contributed by atoms with E-state index in [0.29, 0.717) is 32.7 Å². The van der Waals surface area contributed by atoms with Gasteiger partial charge < -0.3 is 5.32 Å². The minimum Gasteiger partial charge on any atom is -0.345 e. The van der Waals surface area contributed by atoms with Gasteiger partial charge in [-0.15, -0.1) is 0 Å². The van der Waals surface area contributed by atoms with Crippen LogP contribution in [-0.4, -0.2) is 10.5 Å². The van der Waals surface area contributed by atoms with Crippen LogP contribution in [0, 0.1) is 6.92 Å². The quantitative estimate of drug-likeness (QED) is 0.432. The molecule has 0 aliphatic heterocycles. The lowest BCUT2D eigenvalue weighted by molar-refractivity contribution is 0.0936. The Labute approximate surface area is 186 Å². The zero-order valence-corrected chi connectivity index (χ0v) is 18.2. The molecule has 156 valence electrons. The molecule has 0 saturated heterocycles. The number of nitrogens with zero attached hydrogens (tertiary/aromatic N) is 1. The summed E-state index contributed by atoms with van der Waals surface area (Å²) in [4.78, 5) is 27.0. The maximum absolute atomic E-state index is 13.6. The molecule has 1 N–H and O–H groups in total. The number of carbonyl (C=O) groups is 1. The molecule has 1 amide bonds. The van der Waals surface area contributed by atoms with Gasteiger partial charge in [-0.05, 0) is 37.1 Å². The molecule has 4 aromatic rings. The molecule has 31 heavy (non-hydrogen) atoms. The predicted molar refractivity (Wildman–Crippen MR) is 126 cm³/mol. The Morgan fingerprint density at radius 3 is 2.26 bits per heavy atom. The number of para-hydroxylation sites is 1. The van der Waals surface area contributed by atoms with E-state index in [1.165, 1.54) is 0 Å². The predicted octanol–water partition coefficient (Wildman–Crippen LogP) is 5.83. The van der Waals surface area contributed by atoms with Gasteiger partial charge in [0.05, 0.1) is 22.0 Å². The topological polar surface area (TPSA) is 51.1 Å². The molecule has 4 rings (SSSR count). The second-order valence-electron chi connectivity index (χ2n) is 7.44. The lowest BCUT2D eigenvalue weighted by Gasteiger charge is -2.21. The zero-order chi connectivity index (χ0) is 22.0. The number of fused-ring (bicyclic) bond motifs is 1. The lowest BCUT2D eigenvalue weighted by Crippen LogP contribution is -2.32. The fraction of sp³-hybridized carbons (Fsp3) is 0.154.